The Balaban J connectivity index is 1.52. The smallest absolute Gasteiger partial charge is 0.400 e. The maximum atomic E-state index is 14.5. The van der Waals surface area contributed by atoms with E-state index >= 15 is 0 Å². The van der Waals surface area contributed by atoms with E-state index in [0.29, 0.717) is 30.7 Å². The van der Waals surface area contributed by atoms with E-state index in [1.54, 1.807) is 0 Å². The van der Waals surface area contributed by atoms with Crippen molar-refractivity contribution in [3.63, 3.8) is 0 Å². The summed E-state index contributed by atoms with van der Waals surface area (Å²) in [4.78, 5) is 0. The Morgan fingerprint density at radius 2 is 1.46 bits per heavy atom. The minimum absolute atomic E-state index is 0.325. The fraction of sp³-hybridized carbons (Fsp3) is 0.714. The second-order valence-electron chi connectivity index (χ2n) is 8.04. The van der Waals surface area contributed by atoms with Crippen molar-refractivity contribution in [2.45, 2.75) is 70.8 Å². The molecular weight excluding hydrogens is 344 g/mol. The van der Waals surface area contributed by atoms with Crippen LogP contribution in [0, 0.1) is 35.3 Å². The van der Waals surface area contributed by atoms with Crippen molar-refractivity contribution in [3.8, 4) is 5.75 Å². The molecular formula is C21H28F4O. The van der Waals surface area contributed by atoms with Crippen LogP contribution in [-0.2, 0) is 0 Å². The summed E-state index contributed by atoms with van der Waals surface area (Å²) in [5.74, 6) is -1.37. The van der Waals surface area contributed by atoms with Gasteiger partial charge in [-0.15, -0.1) is 0 Å². The van der Waals surface area contributed by atoms with E-state index in [9.17, 15) is 17.6 Å². The van der Waals surface area contributed by atoms with Gasteiger partial charge in [0, 0.05) is 6.07 Å². The number of ether oxygens (including phenoxy) is 1. The Labute approximate surface area is 153 Å². The second-order valence-corrected chi connectivity index (χ2v) is 8.04. The zero-order valence-electron chi connectivity index (χ0n) is 15.3. The van der Waals surface area contributed by atoms with Crippen LogP contribution in [0.2, 0.25) is 0 Å². The predicted octanol–water partition coefficient (Wildman–Crippen LogP) is 6.96. The summed E-state index contributed by atoms with van der Waals surface area (Å²) in [6.45, 7) is 2.24. The summed E-state index contributed by atoms with van der Waals surface area (Å²) < 4.78 is 59.8. The highest BCUT2D eigenvalue weighted by atomic mass is 19.3. The van der Waals surface area contributed by atoms with E-state index in [2.05, 4.69) is 6.92 Å². The second kappa shape index (κ2) is 8.18. The largest absolute Gasteiger partial charge is 0.432 e. The van der Waals surface area contributed by atoms with E-state index in [1.165, 1.54) is 32.1 Å². The van der Waals surface area contributed by atoms with E-state index in [1.807, 2.05) is 0 Å². The van der Waals surface area contributed by atoms with Crippen molar-refractivity contribution < 1.29 is 22.3 Å². The molecule has 0 amide bonds. The normalized spacial score (nSPS) is 30.2. The van der Waals surface area contributed by atoms with Gasteiger partial charge in [0.05, 0.1) is 5.92 Å². The SMILES string of the molecule is CCC1CCC(C2CCC(C(F)(F)Oc3ccc(F)c(F)c3)CC2)CC1. The molecule has 3 rings (SSSR count). The predicted molar refractivity (Wildman–Crippen MR) is 93.1 cm³/mol. The van der Waals surface area contributed by atoms with Crippen LogP contribution in [-0.4, -0.2) is 6.11 Å². The van der Waals surface area contributed by atoms with Crippen LogP contribution >= 0.6 is 0 Å². The molecule has 1 aromatic rings. The first-order valence-corrected chi connectivity index (χ1v) is 9.91. The van der Waals surface area contributed by atoms with Gasteiger partial charge < -0.3 is 4.74 Å². The number of benzene rings is 1. The fourth-order valence-corrected chi connectivity index (χ4v) is 4.78. The highest BCUT2D eigenvalue weighted by molar-refractivity contribution is 5.24. The van der Waals surface area contributed by atoms with Gasteiger partial charge in [0.1, 0.15) is 5.75 Å². The van der Waals surface area contributed by atoms with Crippen LogP contribution in [0.1, 0.15) is 64.7 Å². The summed E-state index contributed by atoms with van der Waals surface area (Å²) in [6.07, 6.45) is 5.37. The molecule has 1 aromatic carbocycles. The van der Waals surface area contributed by atoms with Gasteiger partial charge in [-0.2, -0.15) is 8.78 Å². The third kappa shape index (κ3) is 4.52. The zero-order valence-corrected chi connectivity index (χ0v) is 15.3. The molecule has 0 heterocycles. The monoisotopic (exact) mass is 372 g/mol. The van der Waals surface area contributed by atoms with Crippen molar-refractivity contribution in [2.24, 2.45) is 23.7 Å². The minimum Gasteiger partial charge on any atom is -0.432 e. The third-order valence-corrected chi connectivity index (χ3v) is 6.53. The molecule has 2 aliphatic carbocycles. The van der Waals surface area contributed by atoms with Crippen LogP contribution in [0.4, 0.5) is 17.6 Å². The van der Waals surface area contributed by atoms with Gasteiger partial charge in [-0.05, 0) is 68.4 Å². The number of alkyl halides is 2. The van der Waals surface area contributed by atoms with Gasteiger partial charge >= 0.3 is 6.11 Å². The van der Waals surface area contributed by atoms with Gasteiger partial charge in [0.15, 0.2) is 11.6 Å². The van der Waals surface area contributed by atoms with Crippen molar-refractivity contribution >= 4 is 0 Å². The van der Waals surface area contributed by atoms with E-state index in [-0.39, 0.29) is 5.75 Å². The number of hydrogen-bond donors (Lipinski definition) is 0. The average Bonchev–Trinajstić information content (AvgIpc) is 2.65. The van der Waals surface area contributed by atoms with Crippen LogP contribution in [0.15, 0.2) is 18.2 Å². The van der Waals surface area contributed by atoms with E-state index in [0.717, 1.165) is 30.9 Å². The molecule has 0 aliphatic heterocycles. The Bertz CT molecular complexity index is 588. The van der Waals surface area contributed by atoms with Gasteiger partial charge in [-0.3, -0.25) is 0 Å². The van der Waals surface area contributed by atoms with Crippen LogP contribution in [0.5, 0.6) is 5.75 Å². The van der Waals surface area contributed by atoms with Gasteiger partial charge in [0.25, 0.3) is 0 Å². The first-order valence-electron chi connectivity index (χ1n) is 9.91. The molecule has 0 spiro atoms. The highest BCUT2D eigenvalue weighted by Gasteiger charge is 2.45. The number of rotatable bonds is 5. The molecule has 2 aliphatic rings. The number of halogens is 4. The summed E-state index contributed by atoms with van der Waals surface area (Å²) in [5, 5.41) is 0. The standard InChI is InChI=1S/C21H28F4O/c1-2-14-3-5-15(6-4-14)16-7-9-17(10-8-16)21(24,25)26-18-11-12-19(22)20(23)13-18/h11-17H,2-10H2,1H3. The van der Waals surface area contributed by atoms with E-state index in [4.69, 9.17) is 4.74 Å². The summed E-state index contributed by atoms with van der Waals surface area (Å²) in [5.41, 5.74) is 0. The first-order chi connectivity index (χ1) is 12.4. The number of hydrogen-bond acceptors (Lipinski definition) is 1. The van der Waals surface area contributed by atoms with Crippen molar-refractivity contribution in [1.29, 1.82) is 0 Å². The lowest BCUT2D eigenvalue weighted by atomic mass is 9.69. The molecule has 0 radical (unpaired) electrons. The van der Waals surface area contributed by atoms with Crippen molar-refractivity contribution in [1.82, 2.24) is 0 Å². The lowest BCUT2D eigenvalue weighted by Crippen LogP contribution is -2.38. The molecule has 5 heteroatoms. The maximum Gasteiger partial charge on any atom is 0.400 e. The molecule has 1 nitrogen and oxygen atoms in total. The van der Waals surface area contributed by atoms with Gasteiger partial charge in [-0.25, -0.2) is 8.78 Å². The molecule has 0 bridgehead atoms. The lowest BCUT2D eigenvalue weighted by molar-refractivity contribution is -0.224. The fourth-order valence-electron chi connectivity index (χ4n) is 4.78. The molecule has 0 saturated heterocycles. The van der Waals surface area contributed by atoms with Crippen LogP contribution < -0.4 is 4.74 Å². The van der Waals surface area contributed by atoms with Crippen molar-refractivity contribution in [2.75, 3.05) is 0 Å². The Hall–Kier alpha value is -1.26. The Morgan fingerprint density at radius 1 is 0.885 bits per heavy atom. The minimum atomic E-state index is -3.35. The van der Waals surface area contributed by atoms with Crippen LogP contribution in [0.25, 0.3) is 0 Å². The molecule has 0 unspecified atom stereocenters. The third-order valence-electron chi connectivity index (χ3n) is 6.53. The first kappa shape index (κ1) is 19.5. The Morgan fingerprint density at radius 3 is 2.00 bits per heavy atom. The molecule has 26 heavy (non-hydrogen) atoms. The zero-order chi connectivity index (χ0) is 18.7. The van der Waals surface area contributed by atoms with Crippen molar-refractivity contribution in [3.05, 3.63) is 29.8 Å². The molecule has 146 valence electrons. The molecule has 0 atom stereocenters. The summed E-state index contributed by atoms with van der Waals surface area (Å²) in [6, 6.07) is 2.54. The Kier molecular flexibility index (Phi) is 6.13. The van der Waals surface area contributed by atoms with E-state index < -0.39 is 23.7 Å². The molecule has 2 saturated carbocycles. The summed E-state index contributed by atoms with van der Waals surface area (Å²) in [7, 11) is 0. The molecule has 2 fully saturated rings. The maximum absolute atomic E-state index is 14.5. The van der Waals surface area contributed by atoms with Gasteiger partial charge in [0.2, 0.25) is 0 Å². The average molecular weight is 372 g/mol. The van der Waals surface area contributed by atoms with Crippen LogP contribution in [0.3, 0.4) is 0 Å². The van der Waals surface area contributed by atoms with Gasteiger partial charge in [-0.1, -0.05) is 26.2 Å². The lowest BCUT2D eigenvalue weighted by Gasteiger charge is -2.39. The topological polar surface area (TPSA) is 9.23 Å². The molecule has 0 N–H and O–H groups in total. The molecule has 0 aromatic heterocycles. The highest BCUT2D eigenvalue weighted by Crippen LogP contribution is 2.45. The quantitative estimate of drug-likeness (QED) is 0.508. The summed E-state index contributed by atoms with van der Waals surface area (Å²) >= 11 is 0.